The lowest BCUT2D eigenvalue weighted by Crippen LogP contribution is -2.11. The van der Waals surface area contributed by atoms with Crippen molar-refractivity contribution < 1.29 is 4.39 Å². The molecular weight excluding hydrogens is 257 g/mol. The lowest BCUT2D eigenvalue weighted by molar-refractivity contribution is 0.623. The van der Waals surface area contributed by atoms with E-state index in [2.05, 4.69) is 20.5 Å². The van der Waals surface area contributed by atoms with Gasteiger partial charge in [-0.2, -0.15) is 0 Å². The summed E-state index contributed by atoms with van der Waals surface area (Å²) < 4.78 is 15.4. The van der Waals surface area contributed by atoms with E-state index >= 15 is 0 Å². The highest BCUT2D eigenvalue weighted by molar-refractivity contribution is 6.33. The van der Waals surface area contributed by atoms with Crippen LogP contribution in [0.25, 0.3) is 0 Å². The summed E-state index contributed by atoms with van der Waals surface area (Å²) in [7, 11) is 0. The number of pyridine rings is 1. The Balaban J connectivity index is 1.97. The van der Waals surface area contributed by atoms with E-state index in [0.717, 1.165) is 18.6 Å². The molecule has 0 saturated carbocycles. The Labute approximate surface area is 109 Å². The molecule has 96 valence electrons. The van der Waals surface area contributed by atoms with E-state index in [1.54, 1.807) is 6.33 Å². The summed E-state index contributed by atoms with van der Waals surface area (Å²) in [5.74, 6) is 0.398. The summed E-state index contributed by atoms with van der Waals surface area (Å²) in [4.78, 5) is 3.66. The SMILES string of the molecule is CCn1cnnc1CCNc1c(F)cncc1Cl. The van der Waals surface area contributed by atoms with Crippen LogP contribution in [0.2, 0.25) is 5.02 Å². The smallest absolute Gasteiger partial charge is 0.166 e. The summed E-state index contributed by atoms with van der Waals surface area (Å²) in [5.41, 5.74) is 0.272. The molecule has 0 bridgehead atoms. The van der Waals surface area contributed by atoms with Gasteiger partial charge in [0.25, 0.3) is 0 Å². The van der Waals surface area contributed by atoms with Crippen LogP contribution in [0, 0.1) is 5.82 Å². The molecule has 2 rings (SSSR count). The van der Waals surface area contributed by atoms with Crippen LogP contribution in [0.1, 0.15) is 12.7 Å². The minimum Gasteiger partial charge on any atom is -0.381 e. The van der Waals surface area contributed by atoms with Crippen molar-refractivity contribution in [3.05, 3.63) is 35.4 Å². The minimum absolute atomic E-state index is 0.270. The number of hydrogen-bond acceptors (Lipinski definition) is 4. The largest absolute Gasteiger partial charge is 0.381 e. The molecule has 18 heavy (non-hydrogen) atoms. The summed E-state index contributed by atoms with van der Waals surface area (Å²) in [5, 5.41) is 11.0. The third-order valence-electron chi connectivity index (χ3n) is 2.54. The number of halogens is 2. The van der Waals surface area contributed by atoms with Gasteiger partial charge < -0.3 is 9.88 Å². The lowest BCUT2D eigenvalue weighted by Gasteiger charge is -2.08. The number of aromatic nitrogens is 4. The van der Waals surface area contributed by atoms with E-state index in [4.69, 9.17) is 11.6 Å². The van der Waals surface area contributed by atoms with Crippen molar-refractivity contribution in [3.63, 3.8) is 0 Å². The van der Waals surface area contributed by atoms with E-state index in [-0.39, 0.29) is 10.7 Å². The first-order valence-corrected chi connectivity index (χ1v) is 5.99. The molecule has 0 radical (unpaired) electrons. The molecule has 0 aliphatic carbocycles. The fraction of sp³-hybridized carbons (Fsp3) is 0.364. The van der Waals surface area contributed by atoms with Crippen molar-refractivity contribution in [2.75, 3.05) is 11.9 Å². The van der Waals surface area contributed by atoms with Crippen LogP contribution < -0.4 is 5.32 Å². The molecule has 0 fully saturated rings. The molecule has 0 aliphatic heterocycles. The van der Waals surface area contributed by atoms with Crippen LogP contribution in [0.5, 0.6) is 0 Å². The normalized spacial score (nSPS) is 10.6. The van der Waals surface area contributed by atoms with Crippen molar-refractivity contribution in [1.82, 2.24) is 19.7 Å². The van der Waals surface area contributed by atoms with Gasteiger partial charge in [-0.05, 0) is 6.92 Å². The molecule has 2 aromatic heterocycles. The maximum Gasteiger partial charge on any atom is 0.166 e. The Morgan fingerprint density at radius 2 is 2.28 bits per heavy atom. The summed E-state index contributed by atoms with van der Waals surface area (Å²) in [6, 6.07) is 0. The van der Waals surface area contributed by atoms with Crippen LogP contribution in [0.15, 0.2) is 18.7 Å². The minimum atomic E-state index is -0.459. The molecule has 0 aliphatic rings. The fourth-order valence-corrected chi connectivity index (χ4v) is 1.83. The Hall–Kier alpha value is -1.69. The molecule has 0 saturated heterocycles. The molecule has 0 spiro atoms. The molecular formula is C11H13ClFN5. The summed E-state index contributed by atoms with van der Waals surface area (Å²) in [6.45, 7) is 3.35. The van der Waals surface area contributed by atoms with Crippen molar-refractivity contribution in [1.29, 1.82) is 0 Å². The van der Waals surface area contributed by atoms with Gasteiger partial charge in [0.2, 0.25) is 0 Å². The lowest BCUT2D eigenvalue weighted by atomic mass is 10.3. The number of hydrogen-bond donors (Lipinski definition) is 1. The first-order chi connectivity index (χ1) is 8.72. The second-order valence-corrected chi connectivity index (χ2v) is 4.10. The number of anilines is 1. The van der Waals surface area contributed by atoms with Gasteiger partial charge in [-0.3, -0.25) is 4.98 Å². The van der Waals surface area contributed by atoms with E-state index in [0.29, 0.717) is 13.0 Å². The highest BCUT2D eigenvalue weighted by atomic mass is 35.5. The fourth-order valence-electron chi connectivity index (χ4n) is 1.62. The van der Waals surface area contributed by atoms with Crippen LogP contribution >= 0.6 is 11.6 Å². The number of aryl methyl sites for hydroxylation is 1. The van der Waals surface area contributed by atoms with Gasteiger partial charge >= 0.3 is 0 Å². The quantitative estimate of drug-likeness (QED) is 0.904. The van der Waals surface area contributed by atoms with Crippen LogP contribution in [0.3, 0.4) is 0 Å². The maximum absolute atomic E-state index is 13.4. The van der Waals surface area contributed by atoms with Gasteiger partial charge in [-0.25, -0.2) is 4.39 Å². The van der Waals surface area contributed by atoms with Crippen molar-refractivity contribution in [2.45, 2.75) is 19.9 Å². The average Bonchev–Trinajstić information content (AvgIpc) is 2.80. The van der Waals surface area contributed by atoms with Gasteiger partial charge in [0, 0.05) is 25.7 Å². The van der Waals surface area contributed by atoms with Crippen LogP contribution in [0.4, 0.5) is 10.1 Å². The Morgan fingerprint density at radius 1 is 1.44 bits per heavy atom. The number of nitrogens with one attached hydrogen (secondary N) is 1. The molecule has 0 unspecified atom stereocenters. The second-order valence-electron chi connectivity index (χ2n) is 3.69. The van der Waals surface area contributed by atoms with Crippen LogP contribution in [-0.4, -0.2) is 26.3 Å². The predicted octanol–water partition coefficient (Wildman–Crippen LogP) is 2.14. The third kappa shape index (κ3) is 2.76. The van der Waals surface area contributed by atoms with E-state index in [1.807, 2.05) is 11.5 Å². The first-order valence-electron chi connectivity index (χ1n) is 5.62. The summed E-state index contributed by atoms with van der Waals surface area (Å²) >= 11 is 5.85. The molecule has 2 aromatic rings. The Bertz CT molecular complexity index is 508. The first kappa shape index (κ1) is 12.8. The highest BCUT2D eigenvalue weighted by Gasteiger charge is 2.08. The molecule has 1 N–H and O–H groups in total. The molecule has 0 aromatic carbocycles. The van der Waals surface area contributed by atoms with E-state index in [1.165, 1.54) is 6.20 Å². The van der Waals surface area contributed by atoms with E-state index < -0.39 is 5.82 Å². The van der Waals surface area contributed by atoms with Gasteiger partial charge in [0.1, 0.15) is 12.2 Å². The molecule has 0 amide bonds. The zero-order valence-corrected chi connectivity index (χ0v) is 10.7. The zero-order chi connectivity index (χ0) is 13.0. The monoisotopic (exact) mass is 269 g/mol. The number of rotatable bonds is 5. The molecule has 7 heteroatoms. The van der Waals surface area contributed by atoms with Gasteiger partial charge in [-0.1, -0.05) is 11.6 Å². The van der Waals surface area contributed by atoms with Gasteiger partial charge in [-0.15, -0.1) is 10.2 Å². The highest BCUT2D eigenvalue weighted by Crippen LogP contribution is 2.22. The van der Waals surface area contributed by atoms with Crippen LogP contribution in [-0.2, 0) is 13.0 Å². The van der Waals surface area contributed by atoms with E-state index in [9.17, 15) is 4.39 Å². The molecule has 5 nitrogen and oxygen atoms in total. The van der Waals surface area contributed by atoms with Crippen molar-refractivity contribution >= 4 is 17.3 Å². The van der Waals surface area contributed by atoms with Crippen molar-refractivity contribution in [3.8, 4) is 0 Å². The predicted molar refractivity (Wildman–Crippen MR) is 67.1 cm³/mol. The average molecular weight is 270 g/mol. The molecule has 2 heterocycles. The topological polar surface area (TPSA) is 55.6 Å². The third-order valence-corrected chi connectivity index (χ3v) is 2.83. The van der Waals surface area contributed by atoms with Gasteiger partial charge in [0.15, 0.2) is 5.82 Å². The maximum atomic E-state index is 13.4. The summed E-state index contributed by atoms with van der Waals surface area (Å²) in [6.07, 6.45) is 4.85. The molecule has 0 atom stereocenters. The zero-order valence-electron chi connectivity index (χ0n) is 9.90. The van der Waals surface area contributed by atoms with Crippen molar-refractivity contribution in [2.24, 2.45) is 0 Å². The Morgan fingerprint density at radius 3 is 3.00 bits per heavy atom. The standard InChI is InChI=1S/C11H13ClFN5/c1-2-18-7-16-17-10(18)3-4-15-11-8(12)5-14-6-9(11)13/h5-7H,2-4H2,1H3,(H,14,15). The van der Waals surface area contributed by atoms with Gasteiger partial charge in [0.05, 0.1) is 16.9 Å². The Kier molecular flexibility index (Phi) is 4.09. The second kappa shape index (κ2) is 5.77. The number of nitrogens with zero attached hydrogens (tertiary/aromatic N) is 4.